The van der Waals surface area contributed by atoms with Gasteiger partial charge in [0.15, 0.2) is 6.29 Å². The first kappa shape index (κ1) is 26.1. The lowest BCUT2D eigenvalue weighted by molar-refractivity contribution is -0.0851. The minimum atomic E-state index is -0.248. The molecule has 0 atom stereocenters. The molecule has 1 fully saturated rings. The highest BCUT2D eigenvalue weighted by Gasteiger charge is 2.13. The van der Waals surface area contributed by atoms with E-state index in [1.807, 2.05) is 23.5 Å². The maximum atomic E-state index is 5.57. The summed E-state index contributed by atoms with van der Waals surface area (Å²) in [5.41, 5.74) is 0. The highest BCUT2D eigenvalue weighted by molar-refractivity contribution is 8.20. The van der Waals surface area contributed by atoms with Crippen molar-refractivity contribution in [1.29, 1.82) is 0 Å². The Morgan fingerprint density at radius 1 is 1.11 bits per heavy atom. The van der Waals surface area contributed by atoms with Gasteiger partial charge in [-0.1, -0.05) is 0 Å². The minimum absolute atomic E-state index is 0. The van der Waals surface area contributed by atoms with Crippen LogP contribution in [0.1, 0.15) is 0 Å². The lowest BCUT2D eigenvalue weighted by Gasteiger charge is -2.06. The van der Waals surface area contributed by atoms with Crippen LogP contribution in [0, 0.1) is 0 Å². The quantitative estimate of drug-likeness (QED) is 0.403. The molecule has 19 heavy (non-hydrogen) atoms. The Kier molecular flexibility index (Phi) is 30.9. The first-order valence-corrected chi connectivity index (χ1v) is 9.75. The molecule has 9 heteroatoms. The van der Waals surface area contributed by atoms with E-state index in [-0.39, 0.29) is 18.7 Å². The standard InChI is InChI=1S/C4H9ClO2.C4H7ClS2.C2H6S2.ClH/c1-6-4(3-5)7-2;5-3-4-6-1-2-7-4;3-1-2-4;/h4H,3H2,1-2H3;4H,1-3H2;3-4H,1-2H2;1H. The van der Waals surface area contributed by atoms with Crippen molar-refractivity contribution in [3.05, 3.63) is 0 Å². The van der Waals surface area contributed by atoms with Crippen molar-refractivity contribution >= 4 is 84.4 Å². The van der Waals surface area contributed by atoms with E-state index in [1.54, 1.807) is 14.2 Å². The monoisotopic (exact) mass is 408 g/mol. The van der Waals surface area contributed by atoms with Crippen molar-refractivity contribution in [2.75, 3.05) is 49.0 Å². The number of halogens is 3. The number of ether oxygens (including phenoxy) is 2. The second kappa shape index (κ2) is 22.5. The zero-order valence-corrected chi connectivity index (χ0v) is 16.8. The van der Waals surface area contributed by atoms with E-state index in [0.717, 1.165) is 17.4 Å². The van der Waals surface area contributed by atoms with Crippen LogP contribution in [0.3, 0.4) is 0 Å². The normalized spacial score (nSPS) is 14.1. The SMILES string of the molecule is COC(CCl)OC.Cl.ClCC1SCCS1.SCCS. The van der Waals surface area contributed by atoms with Crippen molar-refractivity contribution in [2.45, 2.75) is 10.9 Å². The van der Waals surface area contributed by atoms with Crippen molar-refractivity contribution < 1.29 is 9.47 Å². The lowest BCUT2D eigenvalue weighted by atomic mass is 10.7. The van der Waals surface area contributed by atoms with Crippen molar-refractivity contribution in [3.63, 3.8) is 0 Å². The number of rotatable bonds is 5. The molecule has 1 aliphatic heterocycles. The third-order valence-corrected chi connectivity index (χ3v) is 6.33. The first-order chi connectivity index (χ1) is 8.69. The fourth-order valence-electron chi connectivity index (χ4n) is 0.719. The van der Waals surface area contributed by atoms with Gasteiger partial charge in [0.05, 0.1) is 10.5 Å². The Labute approximate surface area is 153 Å². The number of hydrogen-bond acceptors (Lipinski definition) is 6. The molecule has 120 valence electrons. The van der Waals surface area contributed by atoms with Crippen molar-refractivity contribution in [1.82, 2.24) is 0 Å². The number of hydrogen-bond donors (Lipinski definition) is 2. The van der Waals surface area contributed by atoms with Crippen LogP contribution in [0.25, 0.3) is 0 Å². The van der Waals surface area contributed by atoms with Gasteiger partial charge in [-0.25, -0.2) is 0 Å². The summed E-state index contributed by atoms with van der Waals surface area (Å²) in [4.78, 5) is 0. The van der Waals surface area contributed by atoms with E-state index < -0.39 is 0 Å². The van der Waals surface area contributed by atoms with Gasteiger partial charge in [-0.05, 0) is 11.5 Å². The topological polar surface area (TPSA) is 18.5 Å². The van der Waals surface area contributed by atoms with Gasteiger partial charge < -0.3 is 9.47 Å². The molecule has 2 nitrogen and oxygen atoms in total. The molecule has 0 aromatic carbocycles. The summed E-state index contributed by atoms with van der Waals surface area (Å²) in [6, 6.07) is 0. The second-order valence-corrected chi connectivity index (χ2v) is 7.26. The van der Waals surface area contributed by atoms with Crippen LogP contribution >= 0.6 is 84.4 Å². The molecule has 1 rings (SSSR count). The second-order valence-electron chi connectivity index (χ2n) is 2.83. The van der Waals surface area contributed by atoms with E-state index in [1.165, 1.54) is 11.5 Å². The van der Waals surface area contributed by atoms with Gasteiger partial charge in [-0.15, -0.1) is 59.1 Å². The van der Waals surface area contributed by atoms with Crippen LogP contribution in [0.5, 0.6) is 0 Å². The Hall–Kier alpha value is 2.19. The summed E-state index contributed by atoms with van der Waals surface area (Å²) in [6.45, 7) is 0. The molecule has 0 N–H and O–H groups in total. The molecule has 0 aliphatic carbocycles. The van der Waals surface area contributed by atoms with E-state index in [9.17, 15) is 0 Å². The van der Waals surface area contributed by atoms with E-state index in [4.69, 9.17) is 32.7 Å². The predicted octanol–water partition coefficient (Wildman–Crippen LogP) is 4.14. The van der Waals surface area contributed by atoms with Gasteiger partial charge in [-0.3, -0.25) is 0 Å². The van der Waals surface area contributed by atoms with Gasteiger partial charge >= 0.3 is 0 Å². The summed E-state index contributed by atoms with van der Waals surface area (Å²) < 4.78 is 10.1. The van der Waals surface area contributed by atoms with Crippen molar-refractivity contribution in [2.24, 2.45) is 0 Å². The first-order valence-electron chi connectivity index (χ1n) is 5.32. The molecule has 1 heterocycles. The average molecular weight is 410 g/mol. The van der Waals surface area contributed by atoms with E-state index in [2.05, 4.69) is 25.3 Å². The van der Waals surface area contributed by atoms with Crippen molar-refractivity contribution in [3.8, 4) is 0 Å². The molecular weight excluding hydrogens is 387 g/mol. The molecular formula is C10H23Cl3O2S4. The Balaban J connectivity index is -0.000000205. The molecule has 0 aromatic heterocycles. The number of alkyl halides is 2. The van der Waals surface area contributed by atoms with Gasteiger partial charge in [0.1, 0.15) is 0 Å². The highest BCUT2D eigenvalue weighted by Crippen LogP contribution is 2.32. The third kappa shape index (κ3) is 20.2. The smallest absolute Gasteiger partial charge is 0.170 e. The summed E-state index contributed by atoms with van der Waals surface area (Å²) in [6.07, 6.45) is -0.248. The largest absolute Gasteiger partial charge is 0.355 e. The van der Waals surface area contributed by atoms with Crippen LogP contribution in [0.4, 0.5) is 0 Å². The average Bonchev–Trinajstić information content (AvgIpc) is 2.95. The van der Waals surface area contributed by atoms with Crippen LogP contribution in [0.15, 0.2) is 0 Å². The fraction of sp³-hybridized carbons (Fsp3) is 1.00. The number of thiol groups is 2. The van der Waals surface area contributed by atoms with Gasteiger partial charge in [0.2, 0.25) is 0 Å². The maximum Gasteiger partial charge on any atom is 0.170 e. The molecule has 1 saturated heterocycles. The molecule has 0 aromatic rings. The predicted molar refractivity (Wildman–Crippen MR) is 103 cm³/mol. The molecule has 0 radical (unpaired) electrons. The highest BCUT2D eigenvalue weighted by atomic mass is 35.5. The van der Waals surface area contributed by atoms with Crippen LogP contribution in [-0.4, -0.2) is 59.9 Å². The summed E-state index contributed by atoms with van der Waals surface area (Å²) in [5.74, 6) is 5.54. The van der Waals surface area contributed by atoms with Crippen LogP contribution in [0.2, 0.25) is 0 Å². The van der Waals surface area contributed by atoms with Crippen LogP contribution in [-0.2, 0) is 9.47 Å². The van der Waals surface area contributed by atoms with Gasteiger partial charge in [-0.2, -0.15) is 25.3 Å². The summed E-state index contributed by atoms with van der Waals surface area (Å²) >= 11 is 22.5. The molecule has 0 bridgehead atoms. The zero-order valence-electron chi connectivity index (χ0n) is 11.1. The minimum Gasteiger partial charge on any atom is -0.355 e. The molecule has 0 amide bonds. The molecule has 0 saturated carbocycles. The van der Waals surface area contributed by atoms with Gasteiger partial charge in [0.25, 0.3) is 0 Å². The zero-order chi connectivity index (χ0) is 14.2. The fourth-order valence-corrected chi connectivity index (χ4v) is 3.94. The molecule has 1 aliphatic rings. The van der Waals surface area contributed by atoms with E-state index in [0.29, 0.717) is 10.5 Å². The summed E-state index contributed by atoms with van der Waals surface area (Å²) in [7, 11) is 3.10. The van der Waals surface area contributed by atoms with Crippen LogP contribution < -0.4 is 0 Å². The number of thioether (sulfide) groups is 2. The number of methoxy groups -OCH3 is 2. The summed E-state index contributed by atoms with van der Waals surface area (Å²) in [5, 5.41) is 0. The van der Waals surface area contributed by atoms with Gasteiger partial charge in [0, 0.05) is 31.6 Å². The Morgan fingerprint density at radius 3 is 1.63 bits per heavy atom. The maximum absolute atomic E-state index is 5.57. The molecule has 0 spiro atoms. The lowest BCUT2D eigenvalue weighted by Crippen LogP contribution is -2.13. The third-order valence-electron chi connectivity index (χ3n) is 1.57. The molecule has 0 unspecified atom stereocenters. The Bertz CT molecular complexity index is 140. The Morgan fingerprint density at radius 2 is 1.53 bits per heavy atom. The van der Waals surface area contributed by atoms with E-state index >= 15 is 0 Å².